The minimum atomic E-state index is -4.57. The van der Waals surface area contributed by atoms with Gasteiger partial charge in [-0.15, -0.1) is 11.3 Å². The number of carbonyl (C=O) groups is 1. The highest BCUT2D eigenvalue weighted by molar-refractivity contribution is 7.89. The second-order valence-electron chi connectivity index (χ2n) is 5.82. The summed E-state index contributed by atoms with van der Waals surface area (Å²) >= 11 is 6.68. The van der Waals surface area contributed by atoms with Gasteiger partial charge in [-0.2, -0.15) is 17.5 Å². The van der Waals surface area contributed by atoms with E-state index in [9.17, 15) is 31.5 Å². The number of piperazine rings is 1. The van der Waals surface area contributed by atoms with Crippen LogP contribution in [0.1, 0.15) is 15.2 Å². The summed E-state index contributed by atoms with van der Waals surface area (Å²) in [6.45, 7) is 0.234. The summed E-state index contributed by atoms with van der Waals surface area (Å²) in [5, 5.41) is 12.2. The number of halogens is 4. The highest BCUT2D eigenvalue weighted by atomic mass is 35.5. The fourth-order valence-corrected chi connectivity index (χ4v) is 5.68. The SMILES string of the molecule is O=C([O-])c1sccc1S(=O)(=O)N1CCN(c2ncc(C(F)(F)F)cc2Cl)CC1. The number of aromatic nitrogens is 1. The summed E-state index contributed by atoms with van der Waals surface area (Å²) in [6.07, 6.45) is -3.90. The first-order valence-corrected chi connectivity index (χ1v) is 10.5. The number of pyridine rings is 1. The number of thiophene rings is 1. The number of aromatic carboxylic acids is 1. The molecule has 1 saturated heterocycles. The van der Waals surface area contributed by atoms with Gasteiger partial charge >= 0.3 is 6.18 Å². The summed E-state index contributed by atoms with van der Waals surface area (Å²) in [5.41, 5.74) is -0.977. The molecule has 1 aliphatic rings. The molecule has 3 heterocycles. The summed E-state index contributed by atoms with van der Waals surface area (Å²) < 4.78 is 64.6. The van der Waals surface area contributed by atoms with Gasteiger partial charge in [0.1, 0.15) is 10.7 Å². The molecule has 13 heteroatoms. The van der Waals surface area contributed by atoms with Crippen LogP contribution in [0.5, 0.6) is 0 Å². The highest BCUT2D eigenvalue weighted by Gasteiger charge is 2.34. The van der Waals surface area contributed by atoms with Crippen LogP contribution in [0.3, 0.4) is 0 Å². The van der Waals surface area contributed by atoms with E-state index in [0.29, 0.717) is 6.20 Å². The molecule has 3 rings (SSSR count). The van der Waals surface area contributed by atoms with Crippen LogP contribution in [-0.2, 0) is 16.2 Å². The predicted molar refractivity (Wildman–Crippen MR) is 93.9 cm³/mol. The lowest BCUT2D eigenvalue weighted by molar-refractivity contribution is -0.254. The summed E-state index contributed by atoms with van der Waals surface area (Å²) in [5.74, 6) is -1.45. The zero-order chi connectivity index (χ0) is 20.7. The molecule has 0 spiro atoms. The van der Waals surface area contributed by atoms with Crippen LogP contribution in [0.4, 0.5) is 19.0 Å². The van der Waals surface area contributed by atoms with Gasteiger partial charge in [-0.1, -0.05) is 11.6 Å². The van der Waals surface area contributed by atoms with Gasteiger partial charge in [0.25, 0.3) is 0 Å². The third-order valence-electron chi connectivity index (χ3n) is 4.12. The molecule has 2 aromatic heterocycles. The molecular formula is C15H12ClF3N3O4S2-. The van der Waals surface area contributed by atoms with E-state index in [1.54, 1.807) is 4.90 Å². The van der Waals surface area contributed by atoms with Crippen molar-refractivity contribution in [2.45, 2.75) is 11.1 Å². The smallest absolute Gasteiger partial charge is 0.417 e. The van der Waals surface area contributed by atoms with Crippen molar-refractivity contribution in [3.05, 3.63) is 39.2 Å². The molecular weight excluding hydrogens is 443 g/mol. The maximum Gasteiger partial charge on any atom is 0.417 e. The molecule has 0 bridgehead atoms. The first-order chi connectivity index (χ1) is 13.0. The van der Waals surface area contributed by atoms with E-state index in [1.807, 2.05) is 0 Å². The van der Waals surface area contributed by atoms with Crippen molar-refractivity contribution < 1.29 is 31.5 Å². The van der Waals surface area contributed by atoms with Crippen LogP contribution < -0.4 is 10.0 Å². The van der Waals surface area contributed by atoms with Crippen molar-refractivity contribution in [1.82, 2.24) is 9.29 Å². The Morgan fingerprint density at radius 2 is 1.89 bits per heavy atom. The Morgan fingerprint density at radius 1 is 1.25 bits per heavy atom. The first kappa shape index (κ1) is 20.8. The normalized spacial score (nSPS) is 16.4. The average molecular weight is 455 g/mol. The molecule has 0 aromatic carbocycles. The Labute approximate surface area is 167 Å². The Hall–Kier alpha value is -1.89. The van der Waals surface area contributed by atoms with Crippen LogP contribution in [0.25, 0.3) is 0 Å². The Bertz CT molecular complexity index is 1000. The van der Waals surface area contributed by atoms with Gasteiger partial charge in [0.05, 0.1) is 21.4 Å². The number of carboxylic acids is 1. The fraction of sp³-hybridized carbons (Fsp3) is 0.333. The minimum absolute atomic E-state index is 0.0102. The second-order valence-corrected chi connectivity index (χ2v) is 9.05. The lowest BCUT2D eigenvalue weighted by Crippen LogP contribution is -2.49. The predicted octanol–water partition coefficient (Wildman–Crippen LogP) is 1.69. The van der Waals surface area contributed by atoms with E-state index in [1.165, 1.54) is 11.4 Å². The molecule has 0 radical (unpaired) electrons. The van der Waals surface area contributed by atoms with E-state index >= 15 is 0 Å². The zero-order valence-electron chi connectivity index (χ0n) is 13.9. The van der Waals surface area contributed by atoms with Crippen LogP contribution in [0, 0.1) is 0 Å². The van der Waals surface area contributed by atoms with Crippen molar-refractivity contribution in [2.24, 2.45) is 0 Å². The van der Waals surface area contributed by atoms with Crippen molar-refractivity contribution in [2.75, 3.05) is 31.1 Å². The molecule has 7 nitrogen and oxygen atoms in total. The lowest BCUT2D eigenvalue weighted by atomic mass is 10.2. The molecule has 2 aromatic rings. The maximum absolute atomic E-state index is 12.7. The standard InChI is InChI=1S/C15H13ClF3N3O4S2/c16-10-7-9(15(17,18)19)8-20-13(10)21-2-4-22(5-3-21)28(25,26)11-1-6-27-12(11)14(23)24/h1,6-8H,2-5H2,(H,23,24)/p-1. The summed E-state index contributed by atoms with van der Waals surface area (Å²) in [4.78, 5) is 15.7. The number of anilines is 1. The van der Waals surface area contributed by atoms with E-state index < -0.39 is 27.7 Å². The van der Waals surface area contributed by atoms with Crippen LogP contribution >= 0.6 is 22.9 Å². The monoisotopic (exact) mass is 454 g/mol. The van der Waals surface area contributed by atoms with Crippen LogP contribution in [0.2, 0.25) is 5.02 Å². The van der Waals surface area contributed by atoms with Gasteiger partial charge in [0.2, 0.25) is 10.0 Å². The number of alkyl halides is 3. The second kappa shape index (κ2) is 7.50. The van der Waals surface area contributed by atoms with E-state index in [-0.39, 0.29) is 46.8 Å². The molecule has 152 valence electrons. The molecule has 0 aliphatic carbocycles. The molecule has 1 fully saturated rings. The van der Waals surface area contributed by atoms with Gasteiger partial charge in [-0.05, 0) is 17.5 Å². The van der Waals surface area contributed by atoms with Crippen LogP contribution in [-0.4, -0.2) is 49.9 Å². The minimum Gasteiger partial charge on any atom is -0.544 e. The largest absolute Gasteiger partial charge is 0.544 e. The highest BCUT2D eigenvalue weighted by Crippen LogP contribution is 2.34. The summed E-state index contributed by atoms with van der Waals surface area (Å²) in [6, 6.07) is 1.97. The van der Waals surface area contributed by atoms with Crippen molar-refractivity contribution >= 4 is 44.7 Å². The Morgan fingerprint density at radius 3 is 2.43 bits per heavy atom. The summed E-state index contributed by atoms with van der Waals surface area (Å²) in [7, 11) is -4.04. The Balaban J connectivity index is 1.76. The van der Waals surface area contributed by atoms with E-state index in [2.05, 4.69) is 4.98 Å². The third-order valence-corrected chi connectivity index (χ3v) is 7.36. The zero-order valence-corrected chi connectivity index (χ0v) is 16.3. The van der Waals surface area contributed by atoms with E-state index in [0.717, 1.165) is 21.7 Å². The maximum atomic E-state index is 12.7. The van der Waals surface area contributed by atoms with Gasteiger partial charge in [-0.25, -0.2) is 13.4 Å². The van der Waals surface area contributed by atoms with Gasteiger partial charge < -0.3 is 14.8 Å². The van der Waals surface area contributed by atoms with Gasteiger partial charge in [-0.3, -0.25) is 0 Å². The van der Waals surface area contributed by atoms with E-state index in [4.69, 9.17) is 11.6 Å². The molecule has 28 heavy (non-hydrogen) atoms. The third kappa shape index (κ3) is 3.95. The molecule has 0 amide bonds. The number of carboxylic acid groups (broad SMARTS) is 1. The molecule has 0 saturated carbocycles. The number of sulfonamides is 1. The quantitative estimate of drug-likeness (QED) is 0.698. The molecule has 1 aliphatic heterocycles. The van der Waals surface area contributed by atoms with Crippen LogP contribution in [0.15, 0.2) is 28.6 Å². The average Bonchev–Trinajstić information content (AvgIpc) is 3.12. The topological polar surface area (TPSA) is 93.6 Å². The van der Waals surface area contributed by atoms with Gasteiger partial charge in [0, 0.05) is 32.4 Å². The van der Waals surface area contributed by atoms with Crippen molar-refractivity contribution in [3.8, 4) is 0 Å². The Kier molecular flexibility index (Phi) is 5.58. The molecule has 0 atom stereocenters. The number of hydrogen-bond acceptors (Lipinski definition) is 7. The number of nitrogens with zero attached hydrogens (tertiary/aromatic N) is 3. The first-order valence-electron chi connectivity index (χ1n) is 7.78. The molecule has 0 unspecified atom stereocenters. The lowest BCUT2D eigenvalue weighted by Gasteiger charge is -2.35. The number of hydrogen-bond donors (Lipinski definition) is 0. The fourth-order valence-electron chi connectivity index (χ4n) is 2.75. The molecule has 0 N–H and O–H groups in total. The van der Waals surface area contributed by atoms with Crippen molar-refractivity contribution in [1.29, 1.82) is 0 Å². The van der Waals surface area contributed by atoms with Gasteiger partial charge in [0.15, 0.2) is 0 Å². The number of carbonyl (C=O) groups excluding carboxylic acids is 1. The number of rotatable bonds is 4. The van der Waals surface area contributed by atoms with Crippen molar-refractivity contribution in [3.63, 3.8) is 0 Å².